The maximum atomic E-state index is 12.2. The molecule has 0 amide bonds. The van der Waals surface area contributed by atoms with Crippen LogP contribution in [0.25, 0.3) is 0 Å². The molecule has 0 aliphatic carbocycles. The standard InChI is InChI=1S/C11H23O5P/c1-9(2)5-14-17(12,15-6-10(3)4)16-8-11-7-13-11/h9-11H,5-8H2,1-4H3. The number of hydrogen-bond donors (Lipinski definition) is 0. The molecule has 0 aromatic rings. The smallest absolute Gasteiger partial charge is 0.371 e. The van der Waals surface area contributed by atoms with Gasteiger partial charge in [-0.1, -0.05) is 27.7 Å². The molecule has 1 saturated heterocycles. The van der Waals surface area contributed by atoms with E-state index in [0.717, 1.165) is 0 Å². The highest BCUT2D eigenvalue weighted by molar-refractivity contribution is 7.48. The lowest BCUT2D eigenvalue weighted by molar-refractivity contribution is 0.0906. The van der Waals surface area contributed by atoms with Crippen molar-refractivity contribution in [3.63, 3.8) is 0 Å². The molecule has 1 rings (SSSR count). The van der Waals surface area contributed by atoms with Gasteiger partial charge in [0, 0.05) is 0 Å². The summed E-state index contributed by atoms with van der Waals surface area (Å²) in [7, 11) is -3.42. The Labute approximate surface area is 103 Å². The summed E-state index contributed by atoms with van der Waals surface area (Å²) in [6.07, 6.45) is 0.0497. The second kappa shape index (κ2) is 6.86. The third-order valence-corrected chi connectivity index (χ3v) is 3.35. The number of rotatable bonds is 9. The lowest BCUT2D eigenvalue weighted by Gasteiger charge is -2.19. The minimum atomic E-state index is -3.42. The number of hydrogen-bond acceptors (Lipinski definition) is 5. The molecule has 0 aromatic heterocycles. The lowest BCUT2D eigenvalue weighted by atomic mass is 10.2. The van der Waals surface area contributed by atoms with Gasteiger partial charge in [0.05, 0.1) is 26.4 Å². The van der Waals surface area contributed by atoms with E-state index in [2.05, 4.69) is 0 Å². The summed E-state index contributed by atoms with van der Waals surface area (Å²) >= 11 is 0. The van der Waals surface area contributed by atoms with Gasteiger partial charge in [0.2, 0.25) is 0 Å². The van der Waals surface area contributed by atoms with Gasteiger partial charge in [-0.15, -0.1) is 0 Å². The van der Waals surface area contributed by atoms with Crippen molar-refractivity contribution in [3.8, 4) is 0 Å². The maximum Gasteiger partial charge on any atom is 0.474 e. The van der Waals surface area contributed by atoms with Gasteiger partial charge in [0.15, 0.2) is 0 Å². The summed E-state index contributed by atoms with van der Waals surface area (Å²) in [4.78, 5) is 0. The first-order chi connectivity index (χ1) is 7.91. The average Bonchev–Trinajstić information content (AvgIpc) is 3.05. The molecule has 17 heavy (non-hydrogen) atoms. The third-order valence-electron chi connectivity index (χ3n) is 1.95. The predicted molar refractivity (Wildman–Crippen MR) is 64.9 cm³/mol. The van der Waals surface area contributed by atoms with Gasteiger partial charge in [-0.05, 0) is 11.8 Å². The molecule has 102 valence electrons. The quantitative estimate of drug-likeness (QED) is 0.474. The van der Waals surface area contributed by atoms with Gasteiger partial charge >= 0.3 is 7.82 Å². The zero-order valence-electron chi connectivity index (χ0n) is 11.0. The Morgan fingerprint density at radius 1 is 1.12 bits per heavy atom. The van der Waals surface area contributed by atoms with Crippen LogP contribution in [0.4, 0.5) is 0 Å². The zero-order chi connectivity index (χ0) is 12.9. The molecule has 1 aliphatic rings. The summed E-state index contributed by atoms with van der Waals surface area (Å²) in [5.74, 6) is 0.568. The van der Waals surface area contributed by atoms with Crippen molar-refractivity contribution >= 4 is 7.82 Å². The summed E-state index contributed by atoms with van der Waals surface area (Å²) in [5, 5.41) is 0. The molecule has 6 heteroatoms. The summed E-state index contributed by atoms with van der Waals surface area (Å²) < 4.78 is 33.0. The van der Waals surface area contributed by atoms with Crippen LogP contribution in [0, 0.1) is 11.8 Å². The molecule has 0 N–H and O–H groups in total. The Bertz CT molecular complexity index is 233. The van der Waals surface area contributed by atoms with Crippen LogP contribution >= 0.6 is 7.82 Å². The van der Waals surface area contributed by atoms with Gasteiger partial charge in [-0.2, -0.15) is 0 Å². The maximum absolute atomic E-state index is 12.2. The van der Waals surface area contributed by atoms with Gasteiger partial charge in [-0.25, -0.2) is 4.57 Å². The molecule has 0 spiro atoms. The fourth-order valence-electron chi connectivity index (χ4n) is 0.931. The molecule has 1 unspecified atom stereocenters. The summed E-state index contributed by atoms with van der Waals surface area (Å²) in [6.45, 7) is 9.59. The molecule has 0 radical (unpaired) electrons. The van der Waals surface area contributed by atoms with Crippen molar-refractivity contribution in [1.29, 1.82) is 0 Å². The molecular weight excluding hydrogens is 243 g/mol. The van der Waals surface area contributed by atoms with Gasteiger partial charge < -0.3 is 4.74 Å². The molecule has 0 saturated carbocycles. The molecule has 1 atom stereocenters. The second-order valence-electron chi connectivity index (χ2n) is 5.08. The van der Waals surface area contributed by atoms with E-state index in [1.165, 1.54) is 0 Å². The van der Waals surface area contributed by atoms with Crippen LogP contribution in [0.15, 0.2) is 0 Å². The Balaban J connectivity index is 2.38. The van der Waals surface area contributed by atoms with Gasteiger partial charge in [-0.3, -0.25) is 13.6 Å². The molecule has 1 fully saturated rings. The van der Waals surface area contributed by atoms with E-state index in [-0.39, 0.29) is 24.5 Å². The lowest BCUT2D eigenvalue weighted by Crippen LogP contribution is -2.10. The Hall–Kier alpha value is 0.0700. The molecule has 1 aliphatic heterocycles. The van der Waals surface area contributed by atoms with Crippen LogP contribution in [0.3, 0.4) is 0 Å². The van der Waals surface area contributed by atoms with E-state index in [1.54, 1.807) is 0 Å². The largest absolute Gasteiger partial charge is 0.474 e. The molecular formula is C11H23O5P. The first-order valence-electron chi connectivity index (χ1n) is 6.06. The summed E-state index contributed by atoms with van der Waals surface area (Å²) in [6, 6.07) is 0. The normalized spacial score (nSPS) is 20.2. The van der Waals surface area contributed by atoms with E-state index in [1.807, 2.05) is 27.7 Å². The van der Waals surface area contributed by atoms with Crippen molar-refractivity contribution in [2.75, 3.05) is 26.4 Å². The molecule has 0 bridgehead atoms. The highest BCUT2D eigenvalue weighted by Crippen LogP contribution is 2.50. The van der Waals surface area contributed by atoms with E-state index >= 15 is 0 Å². The van der Waals surface area contributed by atoms with Crippen molar-refractivity contribution in [3.05, 3.63) is 0 Å². The fraction of sp³-hybridized carbons (Fsp3) is 1.00. The zero-order valence-corrected chi connectivity index (χ0v) is 11.9. The first-order valence-corrected chi connectivity index (χ1v) is 7.52. The summed E-state index contributed by atoms with van der Waals surface area (Å²) in [5.41, 5.74) is 0. The van der Waals surface area contributed by atoms with Crippen LogP contribution in [-0.4, -0.2) is 32.5 Å². The fourth-order valence-corrected chi connectivity index (χ4v) is 2.47. The number of ether oxygens (including phenoxy) is 1. The highest BCUT2D eigenvalue weighted by Gasteiger charge is 2.32. The third kappa shape index (κ3) is 7.17. The Morgan fingerprint density at radius 2 is 1.59 bits per heavy atom. The number of phosphoric acid groups is 1. The minimum Gasteiger partial charge on any atom is -0.371 e. The van der Waals surface area contributed by atoms with Crippen LogP contribution in [0.2, 0.25) is 0 Å². The van der Waals surface area contributed by atoms with Crippen molar-refractivity contribution in [2.45, 2.75) is 33.8 Å². The van der Waals surface area contributed by atoms with Gasteiger partial charge in [0.1, 0.15) is 6.10 Å². The van der Waals surface area contributed by atoms with E-state index in [9.17, 15) is 4.57 Å². The van der Waals surface area contributed by atoms with Crippen LogP contribution in [-0.2, 0) is 22.9 Å². The Kier molecular flexibility index (Phi) is 6.10. The van der Waals surface area contributed by atoms with Crippen molar-refractivity contribution in [2.24, 2.45) is 11.8 Å². The second-order valence-corrected chi connectivity index (χ2v) is 6.75. The monoisotopic (exact) mass is 266 g/mol. The van der Waals surface area contributed by atoms with Crippen molar-refractivity contribution in [1.82, 2.24) is 0 Å². The topological polar surface area (TPSA) is 57.3 Å². The van der Waals surface area contributed by atoms with E-state index in [4.69, 9.17) is 18.3 Å². The molecule has 0 aromatic carbocycles. The highest BCUT2D eigenvalue weighted by atomic mass is 31.2. The minimum absolute atomic E-state index is 0.0497. The molecule has 5 nitrogen and oxygen atoms in total. The SMILES string of the molecule is CC(C)COP(=O)(OCC(C)C)OCC1CO1. The Morgan fingerprint density at radius 3 is 1.94 bits per heavy atom. The van der Waals surface area contributed by atoms with Crippen LogP contribution < -0.4 is 0 Å². The van der Waals surface area contributed by atoms with Crippen LogP contribution in [0.5, 0.6) is 0 Å². The number of phosphoric ester groups is 1. The average molecular weight is 266 g/mol. The predicted octanol–water partition coefficient (Wildman–Crippen LogP) is 2.86. The van der Waals surface area contributed by atoms with E-state index < -0.39 is 7.82 Å². The van der Waals surface area contributed by atoms with Crippen molar-refractivity contribution < 1.29 is 22.9 Å². The molecule has 1 heterocycles. The van der Waals surface area contributed by atoms with Gasteiger partial charge in [0.25, 0.3) is 0 Å². The van der Waals surface area contributed by atoms with Crippen LogP contribution in [0.1, 0.15) is 27.7 Å². The first kappa shape index (κ1) is 15.1. The van der Waals surface area contributed by atoms with E-state index in [0.29, 0.717) is 19.8 Å². The number of epoxide rings is 1.